The van der Waals surface area contributed by atoms with Crippen LogP contribution in [0.5, 0.6) is 0 Å². The van der Waals surface area contributed by atoms with Gasteiger partial charge in [0.25, 0.3) is 0 Å². The minimum absolute atomic E-state index is 0.173. The van der Waals surface area contributed by atoms with E-state index in [4.69, 9.17) is 4.74 Å². The fourth-order valence-electron chi connectivity index (χ4n) is 4.55. The summed E-state index contributed by atoms with van der Waals surface area (Å²) in [6.07, 6.45) is 7.02. The molecule has 2 aliphatic rings. The molecule has 2 aliphatic heterocycles. The van der Waals surface area contributed by atoms with E-state index in [0.29, 0.717) is 5.92 Å². The summed E-state index contributed by atoms with van der Waals surface area (Å²) in [5.41, 5.74) is 4.11. The Morgan fingerprint density at radius 3 is 2.47 bits per heavy atom. The molecule has 0 radical (unpaired) electrons. The van der Waals surface area contributed by atoms with Crippen LogP contribution in [0.25, 0.3) is 6.08 Å². The van der Waals surface area contributed by atoms with Crippen LogP contribution in [0.15, 0.2) is 71.2 Å². The van der Waals surface area contributed by atoms with Gasteiger partial charge in [-0.1, -0.05) is 72.3 Å². The fraction of sp³-hybridized carbons (Fsp3) is 0.423. The van der Waals surface area contributed by atoms with Crippen molar-refractivity contribution in [2.75, 3.05) is 33.3 Å². The lowest BCUT2D eigenvalue weighted by molar-refractivity contribution is -0.0266. The maximum absolute atomic E-state index is 6.16. The highest BCUT2D eigenvalue weighted by molar-refractivity contribution is 5.80. The molecule has 4 nitrogen and oxygen atoms in total. The number of nitrogens with one attached hydrogen (secondary N) is 1. The predicted molar refractivity (Wildman–Crippen MR) is 124 cm³/mol. The second-order valence-corrected chi connectivity index (χ2v) is 8.23. The molecule has 2 aromatic rings. The molecule has 0 saturated carbocycles. The van der Waals surface area contributed by atoms with Crippen molar-refractivity contribution in [3.63, 3.8) is 0 Å². The first kappa shape index (κ1) is 20.7. The molecule has 2 aromatic carbocycles. The molecule has 0 spiro atoms. The van der Waals surface area contributed by atoms with E-state index in [1.165, 1.54) is 23.1 Å². The third kappa shape index (κ3) is 5.31. The first-order valence-corrected chi connectivity index (χ1v) is 11.2. The van der Waals surface area contributed by atoms with Gasteiger partial charge in [-0.05, 0) is 36.8 Å². The quantitative estimate of drug-likeness (QED) is 0.582. The zero-order chi connectivity index (χ0) is 20.6. The largest absolute Gasteiger partial charge is 0.373 e. The van der Waals surface area contributed by atoms with Crippen LogP contribution in [-0.4, -0.2) is 44.1 Å². The number of benzene rings is 2. The first-order chi connectivity index (χ1) is 14.8. The van der Waals surface area contributed by atoms with Crippen LogP contribution in [0.3, 0.4) is 0 Å². The Hall–Kier alpha value is -2.59. The third-order valence-electron chi connectivity index (χ3n) is 6.18. The zero-order valence-corrected chi connectivity index (χ0v) is 18.0. The number of ether oxygens (including phenoxy) is 1. The van der Waals surface area contributed by atoms with E-state index in [-0.39, 0.29) is 6.10 Å². The number of nitrogens with zero attached hydrogens (tertiary/aromatic N) is 2. The zero-order valence-electron chi connectivity index (χ0n) is 18.0. The van der Waals surface area contributed by atoms with E-state index in [1.807, 2.05) is 7.05 Å². The van der Waals surface area contributed by atoms with Gasteiger partial charge >= 0.3 is 0 Å². The van der Waals surface area contributed by atoms with Gasteiger partial charge in [0.15, 0.2) is 5.96 Å². The molecule has 0 bridgehead atoms. The van der Waals surface area contributed by atoms with Crippen molar-refractivity contribution in [3.8, 4) is 0 Å². The van der Waals surface area contributed by atoms with Gasteiger partial charge < -0.3 is 15.0 Å². The van der Waals surface area contributed by atoms with E-state index in [0.717, 1.165) is 51.5 Å². The van der Waals surface area contributed by atoms with Crippen molar-refractivity contribution in [1.82, 2.24) is 10.2 Å². The summed E-state index contributed by atoms with van der Waals surface area (Å²) >= 11 is 0. The fourth-order valence-corrected chi connectivity index (χ4v) is 4.55. The van der Waals surface area contributed by atoms with Crippen LogP contribution < -0.4 is 5.32 Å². The Bertz CT molecular complexity index is 837. The number of rotatable bonds is 4. The van der Waals surface area contributed by atoms with Gasteiger partial charge in [-0.2, -0.15) is 0 Å². The highest BCUT2D eigenvalue weighted by Crippen LogP contribution is 2.33. The van der Waals surface area contributed by atoms with Crippen LogP contribution >= 0.6 is 0 Å². The highest BCUT2D eigenvalue weighted by Gasteiger charge is 2.28. The smallest absolute Gasteiger partial charge is 0.193 e. The summed E-state index contributed by atoms with van der Waals surface area (Å²) in [5, 5.41) is 3.65. The van der Waals surface area contributed by atoms with Crippen LogP contribution in [0, 0.1) is 5.92 Å². The summed E-state index contributed by atoms with van der Waals surface area (Å²) in [6, 6.07) is 21.3. The lowest BCUT2D eigenvalue weighted by Gasteiger charge is -2.35. The van der Waals surface area contributed by atoms with Crippen molar-refractivity contribution >= 4 is 12.0 Å². The molecule has 30 heavy (non-hydrogen) atoms. The molecule has 2 saturated heterocycles. The summed E-state index contributed by atoms with van der Waals surface area (Å²) in [4.78, 5) is 6.97. The minimum atomic E-state index is 0.173. The molecule has 4 rings (SSSR count). The normalized spacial score (nSPS) is 22.6. The maximum atomic E-state index is 6.16. The summed E-state index contributed by atoms with van der Waals surface area (Å²) < 4.78 is 6.16. The van der Waals surface area contributed by atoms with Crippen molar-refractivity contribution in [2.24, 2.45) is 10.9 Å². The van der Waals surface area contributed by atoms with Crippen LogP contribution in [0.2, 0.25) is 0 Å². The molecular formula is C26H33N3O. The Morgan fingerprint density at radius 2 is 1.77 bits per heavy atom. The van der Waals surface area contributed by atoms with Crippen LogP contribution in [-0.2, 0) is 4.74 Å². The molecule has 0 aliphatic carbocycles. The second kappa shape index (κ2) is 10.4. The minimum Gasteiger partial charge on any atom is -0.373 e. The third-order valence-corrected chi connectivity index (χ3v) is 6.18. The van der Waals surface area contributed by atoms with Crippen LogP contribution in [0.4, 0.5) is 0 Å². The van der Waals surface area contributed by atoms with E-state index in [2.05, 4.69) is 81.9 Å². The molecule has 1 N–H and O–H groups in total. The van der Waals surface area contributed by atoms with Gasteiger partial charge in [0.1, 0.15) is 0 Å². The van der Waals surface area contributed by atoms with Gasteiger partial charge in [0, 0.05) is 39.2 Å². The number of hydrogen-bond acceptors (Lipinski definition) is 2. The molecule has 2 unspecified atom stereocenters. The summed E-state index contributed by atoms with van der Waals surface area (Å²) in [5.74, 6) is 1.49. The van der Waals surface area contributed by atoms with Gasteiger partial charge in [-0.25, -0.2) is 0 Å². The lowest BCUT2D eigenvalue weighted by Crippen LogP contribution is -2.46. The van der Waals surface area contributed by atoms with E-state index < -0.39 is 0 Å². The van der Waals surface area contributed by atoms with E-state index in [1.54, 1.807) is 0 Å². The SMILES string of the molecule is CN=C(NCC1CCCOC1c1ccccc1)N1CCC(=Cc2ccccc2)CC1. The average Bonchev–Trinajstić information content (AvgIpc) is 2.82. The monoisotopic (exact) mass is 403 g/mol. The lowest BCUT2D eigenvalue weighted by atomic mass is 9.89. The van der Waals surface area contributed by atoms with Crippen molar-refractivity contribution < 1.29 is 4.74 Å². The highest BCUT2D eigenvalue weighted by atomic mass is 16.5. The molecule has 4 heteroatoms. The molecule has 2 atom stereocenters. The van der Waals surface area contributed by atoms with Crippen molar-refractivity contribution in [2.45, 2.75) is 31.8 Å². The number of hydrogen-bond donors (Lipinski definition) is 1. The average molecular weight is 404 g/mol. The van der Waals surface area contributed by atoms with Crippen LogP contribution in [0.1, 0.15) is 42.9 Å². The van der Waals surface area contributed by atoms with Gasteiger partial charge in [-0.3, -0.25) is 4.99 Å². The summed E-state index contributed by atoms with van der Waals surface area (Å²) in [7, 11) is 1.89. The number of guanidine groups is 1. The Kier molecular flexibility index (Phi) is 7.20. The second-order valence-electron chi connectivity index (χ2n) is 8.23. The Labute approximate surface area is 180 Å². The molecular weight excluding hydrogens is 370 g/mol. The standard InChI is InChI=1S/C26H33N3O/c1-27-26(29-16-14-22(15-17-29)19-21-9-4-2-5-10-21)28-20-24-13-8-18-30-25(24)23-11-6-3-7-12-23/h2-7,9-12,19,24-25H,8,13-18,20H2,1H3,(H,27,28). The molecule has 0 aromatic heterocycles. The van der Waals surface area contributed by atoms with Gasteiger partial charge in [0.2, 0.25) is 0 Å². The molecule has 158 valence electrons. The predicted octanol–water partition coefficient (Wildman–Crippen LogP) is 4.91. The molecule has 2 fully saturated rings. The van der Waals surface area contributed by atoms with Gasteiger partial charge in [-0.15, -0.1) is 0 Å². The first-order valence-electron chi connectivity index (χ1n) is 11.2. The number of aliphatic imine (C=N–C) groups is 1. The van der Waals surface area contributed by atoms with E-state index in [9.17, 15) is 0 Å². The van der Waals surface area contributed by atoms with Gasteiger partial charge in [0.05, 0.1) is 6.10 Å². The number of piperidine rings is 1. The molecule has 2 heterocycles. The van der Waals surface area contributed by atoms with Crippen molar-refractivity contribution in [3.05, 3.63) is 77.4 Å². The molecule has 0 amide bonds. The Morgan fingerprint density at radius 1 is 1.07 bits per heavy atom. The summed E-state index contributed by atoms with van der Waals surface area (Å²) in [6.45, 7) is 3.78. The Balaban J connectivity index is 1.32. The maximum Gasteiger partial charge on any atom is 0.193 e. The number of likely N-dealkylation sites (tertiary alicyclic amines) is 1. The van der Waals surface area contributed by atoms with E-state index >= 15 is 0 Å². The topological polar surface area (TPSA) is 36.9 Å². The van der Waals surface area contributed by atoms with Crippen molar-refractivity contribution in [1.29, 1.82) is 0 Å².